The maximum Gasteiger partial charge on any atom is 0.417 e. The summed E-state index contributed by atoms with van der Waals surface area (Å²) in [5.74, 6) is 0.477. The van der Waals surface area contributed by atoms with Gasteiger partial charge in [-0.25, -0.2) is 9.97 Å². The number of nitriles is 1. The van der Waals surface area contributed by atoms with Crippen molar-refractivity contribution in [2.75, 3.05) is 0 Å². The Bertz CT molecular complexity index is 1360. The lowest BCUT2D eigenvalue weighted by Gasteiger charge is -2.15. The molecule has 0 atom stereocenters. The van der Waals surface area contributed by atoms with Crippen molar-refractivity contribution in [1.82, 2.24) is 25.1 Å². The van der Waals surface area contributed by atoms with Gasteiger partial charge < -0.3 is 4.98 Å². The van der Waals surface area contributed by atoms with Gasteiger partial charge in [-0.2, -0.15) is 23.5 Å². The van der Waals surface area contributed by atoms with Crippen LogP contribution in [0.15, 0.2) is 30.3 Å². The van der Waals surface area contributed by atoms with Gasteiger partial charge in [-0.3, -0.25) is 5.10 Å². The number of halogens is 5. The van der Waals surface area contributed by atoms with Crippen LogP contribution in [0.25, 0.3) is 22.3 Å². The Balaban J connectivity index is 0.00000306. The SMILES string of the molecule is CC(C)(C)c1n[nH]c(Cc2nc3c(Cl)nc(-c4ccccc4C(F)(F)F)cc3[nH]2)c1C#N.Cl. The van der Waals surface area contributed by atoms with Crippen LogP contribution in [-0.2, 0) is 18.0 Å². The number of H-pyrrole nitrogens is 2. The predicted octanol–water partition coefficient (Wildman–Crippen LogP) is 6.20. The number of hydrogen-bond acceptors (Lipinski definition) is 4. The first kappa shape index (κ1) is 24.6. The normalized spacial score (nSPS) is 11.9. The van der Waals surface area contributed by atoms with E-state index in [2.05, 4.69) is 31.2 Å². The van der Waals surface area contributed by atoms with Gasteiger partial charge in [0, 0.05) is 17.4 Å². The number of nitrogens with zero attached hydrogens (tertiary/aromatic N) is 4. The number of alkyl halides is 3. The number of rotatable bonds is 3. The van der Waals surface area contributed by atoms with E-state index in [4.69, 9.17) is 11.6 Å². The van der Waals surface area contributed by atoms with Gasteiger partial charge >= 0.3 is 6.18 Å². The molecule has 0 aliphatic carbocycles. The molecule has 0 amide bonds. The third kappa shape index (κ3) is 4.68. The number of nitrogens with one attached hydrogen (secondary N) is 2. The third-order valence-electron chi connectivity index (χ3n) is 4.99. The quantitative estimate of drug-likeness (QED) is 0.331. The van der Waals surface area contributed by atoms with E-state index in [-0.39, 0.29) is 40.7 Å². The van der Waals surface area contributed by atoms with Gasteiger partial charge in [-0.1, -0.05) is 50.6 Å². The molecule has 0 radical (unpaired) electrons. The first-order valence-corrected chi connectivity index (χ1v) is 10.1. The van der Waals surface area contributed by atoms with Crippen molar-refractivity contribution in [3.63, 3.8) is 0 Å². The molecule has 0 fully saturated rings. The summed E-state index contributed by atoms with van der Waals surface area (Å²) < 4.78 is 40.3. The molecule has 33 heavy (non-hydrogen) atoms. The van der Waals surface area contributed by atoms with Gasteiger partial charge in [0.2, 0.25) is 0 Å². The van der Waals surface area contributed by atoms with Crippen LogP contribution in [0.3, 0.4) is 0 Å². The molecular weight excluding hydrogens is 476 g/mol. The average molecular weight is 495 g/mol. The summed E-state index contributed by atoms with van der Waals surface area (Å²) in [7, 11) is 0. The maximum absolute atomic E-state index is 13.4. The zero-order valence-electron chi connectivity index (χ0n) is 17.8. The summed E-state index contributed by atoms with van der Waals surface area (Å²) in [4.78, 5) is 11.7. The minimum absolute atomic E-state index is 0. The fourth-order valence-corrected chi connectivity index (χ4v) is 3.77. The van der Waals surface area contributed by atoms with Gasteiger partial charge in [0.25, 0.3) is 0 Å². The standard InChI is InChI=1S/C22H18ClF3N6.ClH/c1-21(2,3)19-12(10-27)15(31-32-19)9-17-28-16-8-14(29-20(23)18(16)30-17)11-6-4-5-7-13(11)22(24,25)26;/h4-8H,9H2,1-3H3,(H,28,30)(H,31,32);1H. The summed E-state index contributed by atoms with van der Waals surface area (Å²) in [6.07, 6.45) is -4.29. The Morgan fingerprint density at radius 2 is 1.82 bits per heavy atom. The van der Waals surface area contributed by atoms with Crippen LogP contribution in [0.1, 0.15) is 49.1 Å². The largest absolute Gasteiger partial charge is 0.417 e. The Morgan fingerprint density at radius 3 is 2.45 bits per heavy atom. The lowest BCUT2D eigenvalue weighted by Crippen LogP contribution is -2.13. The van der Waals surface area contributed by atoms with E-state index in [1.165, 1.54) is 24.3 Å². The molecule has 0 spiro atoms. The van der Waals surface area contributed by atoms with Crippen molar-refractivity contribution in [3.8, 4) is 17.3 Å². The van der Waals surface area contributed by atoms with Gasteiger partial charge in [-0.15, -0.1) is 12.4 Å². The zero-order chi connectivity index (χ0) is 23.3. The van der Waals surface area contributed by atoms with E-state index in [0.29, 0.717) is 33.8 Å². The fraction of sp³-hybridized carbons (Fsp3) is 0.273. The predicted molar refractivity (Wildman–Crippen MR) is 121 cm³/mol. The summed E-state index contributed by atoms with van der Waals surface area (Å²) in [5.41, 5.74) is 1.36. The second kappa shape index (κ2) is 8.69. The molecule has 0 bridgehead atoms. The number of aromatic amines is 2. The van der Waals surface area contributed by atoms with Crippen molar-refractivity contribution in [1.29, 1.82) is 5.26 Å². The second-order valence-electron chi connectivity index (χ2n) is 8.39. The van der Waals surface area contributed by atoms with Gasteiger partial charge in [0.1, 0.15) is 17.4 Å². The van der Waals surface area contributed by atoms with Crippen LogP contribution in [0, 0.1) is 11.3 Å². The van der Waals surface area contributed by atoms with Gasteiger partial charge in [0.05, 0.1) is 33.7 Å². The highest BCUT2D eigenvalue weighted by Crippen LogP contribution is 2.37. The van der Waals surface area contributed by atoms with Crippen molar-refractivity contribution in [3.05, 3.63) is 63.8 Å². The van der Waals surface area contributed by atoms with Crippen LogP contribution in [0.2, 0.25) is 5.15 Å². The lowest BCUT2D eigenvalue weighted by atomic mass is 9.89. The van der Waals surface area contributed by atoms with Crippen LogP contribution >= 0.6 is 24.0 Å². The summed E-state index contributed by atoms with van der Waals surface area (Å²) in [6.45, 7) is 5.88. The molecule has 0 aliphatic rings. The first-order valence-electron chi connectivity index (χ1n) is 9.68. The van der Waals surface area contributed by atoms with E-state index >= 15 is 0 Å². The number of benzene rings is 1. The Morgan fingerprint density at radius 1 is 1.12 bits per heavy atom. The molecule has 0 saturated carbocycles. The molecule has 3 heterocycles. The summed E-state index contributed by atoms with van der Waals surface area (Å²) in [5, 5.41) is 16.8. The number of hydrogen-bond donors (Lipinski definition) is 2. The minimum Gasteiger partial charge on any atom is -0.341 e. The molecule has 172 valence electrons. The maximum atomic E-state index is 13.4. The fourth-order valence-electron chi connectivity index (χ4n) is 3.54. The Hall–Kier alpha value is -3.09. The van der Waals surface area contributed by atoms with Crippen molar-refractivity contribution in [2.45, 2.75) is 38.8 Å². The van der Waals surface area contributed by atoms with Crippen LogP contribution in [0.5, 0.6) is 0 Å². The van der Waals surface area contributed by atoms with Gasteiger partial charge in [0.15, 0.2) is 5.15 Å². The molecule has 0 aliphatic heterocycles. The Labute approximate surface area is 198 Å². The molecule has 4 rings (SSSR count). The van der Waals surface area contributed by atoms with Gasteiger partial charge in [-0.05, 0) is 12.1 Å². The lowest BCUT2D eigenvalue weighted by molar-refractivity contribution is -0.137. The molecule has 4 aromatic rings. The molecule has 3 aromatic heterocycles. The molecule has 0 saturated heterocycles. The average Bonchev–Trinajstić information content (AvgIpc) is 3.31. The van der Waals surface area contributed by atoms with E-state index < -0.39 is 11.7 Å². The zero-order valence-corrected chi connectivity index (χ0v) is 19.4. The number of imidazole rings is 1. The molecule has 1 aromatic carbocycles. The molecule has 0 unspecified atom stereocenters. The van der Waals surface area contributed by atoms with E-state index in [9.17, 15) is 18.4 Å². The third-order valence-corrected chi connectivity index (χ3v) is 5.26. The second-order valence-corrected chi connectivity index (χ2v) is 8.74. The molecular formula is C22H19Cl2F3N6. The van der Waals surface area contributed by atoms with Crippen LogP contribution in [-0.4, -0.2) is 25.1 Å². The number of aromatic nitrogens is 5. The van der Waals surface area contributed by atoms with E-state index in [1.807, 2.05) is 20.8 Å². The van der Waals surface area contributed by atoms with E-state index in [0.717, 1.165) is 6.07 Å². The highest BCUT2D eigenvalue weighted by atomic mass is 35.5. The topological polar surface area (TPSA) is 94.0 Å². The monoisotopic (exact) mass is 494 g/mol. The summed E-state index contributed by atoms with van der Waals surface area (Å²) >= 11 is 6.27. The van der Waals surface area contributed by atoms with Crippen LogP contribution in [0.4, 0.5) is 13.2 Å². The smallest absolute Gasteiger partial charge is 0.341 e. The highest BCUT2D eigenvalue weighted by molar-refractivity contribution is 6.33. The molecule has 11 heteroatoms. The van der Waals surface area contributed by atoms with Crippen LogP contribution < -0.4 is 0 Å². The molecule has 2 N–H and O–H groups in total. The summed E-state index contributed by atoms with van der Waals surface area (Å²) in [6, 6.07) is 8.86. The van der Waals surface area contributed by atoms with E-state index in [1.54, 1.807) is 0 Å². The van der Waals surface area contributed by atoms with Crippen molar-refractivity contribution >= 4 is 35.0 Å². The highest BCUT2D eigenvalue weighted by Gasteiger charge is 2.34. The number of fused-ring (bicyclic) bond motifs is 1. The Kier molecular flexibility index (Phi) is 6.46. The van der Waals surface area contributed by atoms with Crippen molar-refractivity contribution in [2.24, 2.45) is 0 Å². The minimum atomic E-state index is -4.53. The van der Waals surface area contributed by atoms with Crippen molar-refractivity contribution < 1.29 is 13.2 Å². The number of pyridine rings is 1. The first-order chi connectivity index (χ1) is 15.0. The molecule has 6 nitrogen and oxygen atoms in total.